The molecule has 0 radical (unpaired) electrons. The summed E-state index contributed by atoms with van der Waals surface area (Å²) in [7, 11) is 0. The van der Waals surface area contributed by atoms with Gasteiger partial charge >= 0.3 is 0 Å². The number of aryl methyl sites for hydroxylation is 1. The number of azide groups is 1. The molecule has 5 nitrogen and oxygen atoms in total. The van der Waals surface area contributed by atoms with Gasteiger partial charge in [-0.1, -0.05) is 34.9 Å². The molecule has 0 saturated heterocycles. The van der Waals surface area contributed by atoms with Crippen molar-refractivity contribution in [2.75, 3.05) is 6.54 Å². The molecule has 0 aliphatic heterocycles. The Morgan fingerprint density at radius 3 is 2.73 bits per heavy atom. The molecule has 0 bridgehead atoms. The van der Waals surface area contributed by atoms with Gasteiger partial charge in [0.05, 0.1) is 0 Å². The fourth-order valence-electron chi connectivity index (χ4n) is 1.06. The lowest BCUT2D eigenvalue weighted by Crippen LogP contribution is -2.24. The molecule has 1 N–H and O–H groups in total. The molecule has 5 heteroatoms. The van der Waals surface area contributed by atoms with Gasteiger partial charge in [-0.2, -0.15) is 0 Å². The maximum absolute atomic E-state index is 11.1. The van der Waals surface area contributed by atoms with E-state index < -0.39 is 0 Å². The second kappa shape index (κ2) is 5.67. The minimum absolute atomic E-state index is 0.150. The molecule has 15 heavy (non-hydrogen) atoms. The summed E-state index contributed by atoms with van der Waals surface area (Å²) in [5.41, 5.74) is 10.2. The van der Waals surface area contributed by atoms with E-state index in [9.17, 15) is 4.79 Å². The first-order chi connectivity index (χ1) is 7.22. The number of nitrogens with zero attached hydrogens (tertiary/aromatic N) is 3. The Morgan fingerprint density at radius 1 is 1.47 bits per heavy atom. The number of hydrogen-bond donors (Lipinski definition) is 1. The highest BCUT2D eigenvalue weighted by Crippen LogP contribution is 2.02. The fraction of sp³-hybridized carbons (Fsp3) is 0.300. The molecular weight excluding hydrogens is 192 g/mol. The van der Waals surface area contributed by atoms with Gasteiger partial charge in [0.2, 0.25) is 5.91 Å². The molecule has 0 aliphatic rings. The summed E-state index contributed by atoms with van der Waals surface area (Å²) < 4.78 is 0. The van der Waals surface area contributed by atoms with Crippen molar-refractivity contribution >= 4 is 5.91 Å². The number of nitrogens with one attached hydrogen (secondary N) is 1. The van der Waals surface area contributed by atoms with Gasteiger partial charge in [-0.15, -0.1) is 0 Å². The summed E-state index contributed by atoms with van der Waals surface area (Å²) >= 11 is 0. The molecule has 0 saturated carbocycles. The van der Waals surface area contributed by atoms with Crippen molar-refractivity contribution in [3.05, 3.63) is 45.8 Å². The van der Waals surface area contributed by atoms with E-state index in [1.165, 1.54) is 5.56 Å². The number of carbonyl (C=O) groups excluding carboxylic acids is 1. The van der Waals surface area contributed by atoms with Gasteiger partial charge in [0, 0.05) is 11.5 Å². The van der Waals surface area contributed by atoms with Crippen LogP contribution in [0.15, 0.2) is 29.4 Å². The number of rotatable bonds is 4. The monoisotopic (exact) mass is 204 g/mol. The Hall–Kier alpha value is -2.00. The van der Waals surface area contributed by atoms with Crippen LogP contribution in [0.2, 0.25) is 0 Å². The van der Waals surface area contributed by atoms with Crippen molar-refractivity contribution in [3.63, 3.8) is 0 Å². The topological polar surface area (TPSA) is 77.9 Å². The van der Waals surface area contributed by atoms with Crippen LogP contribution in [0, 0.1) is 6.92 Å². The van der Waals surface area contributed by atoms with E-state index in [0.717, 1.165) is 5.56 Å². The lowest BCUT2D eigenvalue weighted by atomic mass is 10.1. The predicted molar refractivity (Wildman–Crippen MR) is 57.0 cm³/mol. The highest BCUT2D eigenvalue weighted by molar-refractivity contribution is 5.78. The Labute approximate surface area is 87.7 Å². The van der Waals surface area contributed by atoms with Crippen molar-refractivity contribution in [2.24, 2.45) is 5.11 Å². The summed E-state index contributed by atoms with van der Waals surface area (Å²) in [6.45, 7) is 2.31. The molecule has 1 rings (SSSR count). The second-order valence-electron chi connectivity index (χ2n) is 3.15. The summed E-state index contributed by atoms with van der Waals surface area (Å²) in [5.74, 6) is -0.270. The minimum atomic E-state index is -0.270. The van der Waals surface area contributed by atoms with Gasteiger partial charge < -0.3 is 5.32 Å². The first-order valence-electron chi connectivity index (χ1n) is 4.55. The number of benzene rings is 1. The van der Waals surface area contributed by atoms with Gasteiger partial charge in [-0.05, 0) is 18.0 Å². The molecular formula is C10H12N4O. The largest absolute Gasteiger partial charge is 0.352 e. The number of carbonyl (C=O) groups is 1. The van der Waals surface area contributed by atoms with E-state index in [1.54, 1.807) is 0 Å². The van der Waals surface area contributed by atoms with Crippen LogP contribution in [0.5, 0.6) is 0 Å². The van der Waals surface area contributed by atoms with Crippen LogP contribution in [0.4, 0.5) is 0 Å². The minimum Gasteiger partial charge on any atom is -0.352 e. The third-order valence-corrected chi connectivity index (χ3v) is 1.89. The molecule has 0 aliphatic carbocycles. The SMILES string of the molecule is Cc1ccc(CNC(=O)CN=[N+]=[N-])cc1. The van der Waals surface area contributed by atoms with Gasteiger partial charge in [0.15, 0.2) is 0 Å². The highest BCUT2D eigenvalue weighted by atomic mass is 16.1. The normalized spacial score (nSPS) is 9.13. The van der Waals surface area contributed by atoms with Crippen molar-refractivity contribution < 1.29 is 4.79 Å². The van der Waals surface area contributed by atoms with Gasteiger partial charge in [0.1, 0.15) is 6.54 Å². The lowest BCUT2D eigenvalue weighted by Gasteiger charge is -2.03. The second-order valence-corrected chi connectivity index (χ2v) is 3.15. The van der Waals surface area contributed by atoms with E-state index in [4.69, 9.17) is 5.53 Å². The Bertz CT molecular complexity index is 379. The summed E-state index contributed by atoms with van der Waals surface area (Å²) in [5, 5.41) is 5.82. The Balaban J connectivity index is 2.40. The molecule has 0 atom stereocenters. The smallest absolute Gasteiger partial charge is 0.226 e. The van der Waals surface area contributed by atoms with E-state index in [0.29, 0.717) is 6.54 Å². The summed E-state index contributed by atoms with van der Waals surface area (Å²) in [6.07, 6.45) is 0. The maximum Gasteiger partial charge on any atom is 0.226 e. The van der Waals surface area contributed by atoms with Crippen LogP contribution in [-0.4, -0.2) is 12.5 Å². The van der Waals surface area contributed by atoms with Gasteiger partial charge in [-0.25, -0.2) is 0 Å². The predicted octanol–water partition coefficient (Wildman–Crippen LogP) is 1.92. The first-order valence-corrected chi connectivity index (χ1v) is 4.55. The third kappa shape index (κ3) is 4.15. The zero-order valence-corrected chi connectivity index (χ0v) is 8.47. The van der Waals surface area contributed by atoms with Crippen molar-refractivity contribution in [3.8, 4) is 0 Å². The van der Waals surface area contributed by atoms with Crippen LogP contribution in [0.3, 0.4) is 0 Å². The maximum atomic E-state index is 11.1. The average molecular weight is 204 g/mol. The van der Waals surface area contributed by atoms with Crippen LogP contribution < -0.4 is 5.32 Å². The first kappa shape index (κ1) is 11.1. The third-order valence-electron chi connectivity index (χ3n) is 1.89. The quantitative estimate of drug-likeness (QED) is 0.454. The molecule has 1 amide bonds. The highest BCUT2D eigenvalue weighted by Gasteiger charge is 1.98. The van der Waals surface area contributed by atoms with Crippen LogP contribution in [-0.2, 0) is 11.3 Å². The van der Waals surface area contributed by atoms with E-state index in [1.807, 2.05) is 31.2 Å². The molecule has 0 fully saturated rings. The molecule has 0 aromatic heterocycles. The van der Waals surface area contributed by atoms with E-state index in [-0.39, 0.29) is 12.5 Å². The van der Waals surface area contributed by atoms with Crippen LogP contribution in [0.25, 0.3) is 10.4 Å². The molecule has 0 unspecified atom stereocenters. The zero-order valence-electron chi connectivity index (χ0n) is 8.47. The van der Waals surface area contributed by atoms with Crippen molar-refractivity contribution in [1.82, 2.24) is 5.32 Å². The summed E-state index contributed by atoms with van der Waals surface area (Å²) in [4.78, 5) is 13.6. The average Bonchev–Trinajstić information content (AvgIpc) is 2.25. The van der Waals surface area contributed by atoms with E-state index >= 15 is 0 Å². The van der Waals surface area contributed by atoms with Gasteiger partial charge in [-0.3, -0.25) is 4.79 Å². The zero-order chi connectivity index (χ0) is 11.1. The Kier molecular flexibility index (Phi) is 4.19. The summed E-state index contributed by atoms with van der Waals surface area (Å²) in [6, 6.07) is 7.86. The number of amides is 1. The lowest BCUT2D eigenvalue weighted by molar-refractivity contribution is -0.119. The van der Waals surface area contributed by atoms with Crippen LogP contribution in [0.1, 0.15) is 11.1 Å². The van der Waals surface area contributed by atoms with Crippen molar-refractivity contribution in [2.45, 2.75) is 13.5 Å². The molecule has 0 spiro atoms. The molecule has 1 aromatic carbocycles. The molecule has 0 heterocycles. The van der Waals surface area contributed by atoms with Gasteiger partial charge in [0.25, 0.3) is 0 Å². The standard InChI is InChI=1S/C10H12N4O/c1-8-2-4-9(5-3-8)6-12-10(15)7-13-14-11/h2-5H,6-7H2,1H3,(H,12,15). The van der Waals surface area contributed by atoms with E-state index in [2.05, 4.69) is 15.3 Å². The molecule has 78 valence electrons. The van der Waals surface area contributed by atoms with Crippen molar-refractivity contribution in [1.29, 1.82) is 0 Å². The fourth-order valence-corrected chi connectivity index (χ4v) is 1.06. The Morgan fingerprint density at radius 2 is 2.13 bits per heavy atom. The number of hydrogen-bond acceptors (Lipinski definition) is 2. The molecule has 1 aromatic rings. The van der Waals surface area contributed by atoms with Crippen LogP contribution >= 0.6 is 0 Å².